The van der Waals surface area contributed by atoms with Gasteiger partial charge in [-0.1, -0.05) is 154 Å². The molecule has 0 saturated heterocycles. The van der Waals surface area contributed by atoms with Crippen LogP contribution in [0.25, 0.3) is 0 Å². The number of aromatic hydroxyl groups is 1. The zero-order valence-corrected chi connectivity index (χ0v) is 25.0. The van der Waals surface area contributed by atoms with Crippen molar-refractivity contribution in [3.63, 3.8) is 0 Å². The molecule has 0 amide bonds. The minimum Gasteiger partial charge on any atom is -0.504 e. The van der Waals surface area contributed by atoms with Gasteiger partial charge in [0.25, 0.3) is 0 Å². The number of benzene rings is 2. The number of aryl methyl sites for hydroxylation is 1. The van der Waals surface area contributed by atoms with Crippen LogP contribution in [0.5, 0.6) is 17.2 Å². The molecule has 0 aromatic heterocycles. The Hall–Kier alpha value is -1.96. The molecular weight excluding hydrogens is 464 g/mol. The lowest BCUT2D eigenvalue weighted by Crippen LogP contribution is -2.00. The number of rotatable bonds is 24. The van der Waals surface area contributed by atoms with E-state index in [1.165, 1.54) is 140 Å². The normalized spacial score (nSPS) is 11.2. The van der Waals surface area contributed by atoms with E-state index in [1.54, 1.807) is 6.07 Å². The first-order valence-electron chi connectivity index (χ1n) is 16.3. The Morgan fingerprint density at radius 2 is 0.921 bits per heavy atom. The van der Waals surface area contributed by atoms with E-state index in [4.69, 9.17) is 4.74 Å². The van der Waals surface area contributed by atoms with Gasteiger partial charge in [0, 0.05) is 0 Å². The summed E-state index contributed by atoms with van der Waals surface area (Å²) < 4.78 is 6.27. The third-order valence-electron chi connectivity index (χ3n) is 7.90. The van der Waals surface area contributed by atoms with Crippen LogP contribution in [-0.2, 0) is 12.8 Å². The van der Waals surface area contributed by atoms with Crippen molar-refractivity contribution >= 4 is 0 Å². The molecule has 214 valence electrons. The zero-order valence-electron chi connectivity index (χ0n) is 25.0. The topological polar surface area (TPSA) is 29.5 Å². The van der Waals surface area contributed by atoms with Crippen LogP contribution in [0.3, 0.4) is 0 Å². The number of para-hydroxylation sites is 2. The van der Waals surface area contributed by atoms with Crippen molar-refractivity contribution in [3.05, 3.63) is 53.6 Å². The molecule has 2 aromatic carbocycles. The van der Waals surface area contributed by atoms with Gasteiger partial charge >= 0.3 is 0 Å². The lowest BCUT2D eigenvalue weighted by molar-refractivity contribution is 0.408. The molecule has 1 N–H and O–H groups in total. The van der Waals surface area contributed by atoms with Gasteiger partial charge in [-0.2, -0.15) is 0 Å². The van der Waals surface area contributed by atoms with Gasteiger partial charge in [-0.15, -0.1) is 0 Å². The summed E-state index contributed by atoms with van der Waals surface area (Å²) in [5.41, 5.74) is 2.79. The molecule has 38 heavy (non-hydrogen) atoms. The SMILES string of the molecule is CCCCCCCCCCCCc1cccc(Oc2ccccc2O)c1CCCCCCCCCCCC. The number of hydrogen-bond donors (Lipinski definition) is 1. The molecular formula is C36H58O2. The molecule has 0 fully saturated rings. The Kier molecular flexibility index (Phi) is 18.6. The molecule has 0 aliphatic rings. The Morgan fingerprint density at radius 3 is 1.45 bits per heavy atom. The largest absolute Gasteiger partial charge is 0.504 e. The summed E-state index contributed by atoms with van der Waals surface area (Å²) in [4.78, 5) is 0. The molecule has 0 saturated carbocycles. The highest BCUT2D eigenvalue weighted by Gasteiger charge is 2.12. The van der Waals surface area contributed by atoms with Crippen molar-refractivity contribution in [2.75, 3.05) is 0 Å². The van der Waals surface area contributed by atoms with Gasteiger partial charge in [0.15, 0.2) is 11.5 Å². The Morgan fingerprint density at radius 1 is 0.474 bits per heavy atom. The van der Waals surface area contributed by atoms with Crippen LogP contribution < -0.4 is 4.74 Å². The van der Waals surface area contributed by atoms with E-state index in [2.05, 4.69) is 32.0 Å². The molecule has 2 rings (SSSR count). The van der Waals surface area contributed by atoms with Crippen molar-refractivity contribution in [1.82, 2.24) is 0 Å². The fourth-order valence-corrected chi connectivity index (χ4v) is 5.48. The second-order valence-electron chi connectivity index (χ2n) is 11.3. The monoisotopic (exact) mass is 522 g/mol. The Balaban J connectivity index is 1.82. The first-order chi connectivity index (χ1) is 18.8. The van der Waals surface area contributed by atoms with Crippen LogP contribution in [0.2, 0.25) is 0 Å². The number of hydrogen-bond acceptors (Lipinski definition) is 2. The van der Waals surface area contributed by atoms with Crippen LogP contribution in [0.1, 0.15) is 153 Å². The molecule has 0 bridgehead atoms. The lowest BCUT2D eigenvalue weighted by atomic mass is 9.95. The van der Waals surface area contributed by atoms with Crippen molar-refractivity contribution in [2.24, 2.45) is 0 Å². The number of phenols is 1. The summed E-state index contributed by atoms with van der Waals surface area (Å²) in [5.74, 6) is 1.68. The highest BCUT2D eigenvalue weighted by atomic mass is 16.5. The van der Waals surface area contributed by atoms with Gasteiger partial charge in [-0.3, -0.25) is 0 Å². The van der Waals surface area contributed by atoms with E-state index < -0.39 is 0 Å². The molecule has 0 aliphatic heterocycles. The van der Waals surface area contributed by atoms with Gasteiger partial charge < -0.3 is 9.84 Å². The molecule has 0 atom stereocenters. The molecule has 0 heterocycles. The quantitative estimate of drug-likeness (QED) is 0.139. The van der Waals surface area contributed by atoms with Crippen molar-refractivity contribution in [1.29, 1.82) is 0 Å². The van der Waals surface area contributed by atoms with Crippen LogP contribution in [-0.4, -0.2) is 5.11 Å². The average Bonchev–Trinajstić information content (AvgIpc) is 2.93. The number of ether oxygens (including phenoxy) is 1. The second-order valence-corrected chi connectivity index (χ2v) is 11.3. The predicted octanol–water partition coefficient (Wildman–Crippen LogP) is 12.1. The van der Waals surface area contributed by atoms with Crippen LogP contribution in [0.15, 0.2) is 42.5 Å². The lowest BCUT2D eigenvalue weighted by Gasteiger charge is -2.16. The molecule has 0 unspecified atom stereocenters. The third-order valence-corrected chi connectivity index (χ3v) is 7.90. The average molecular weight is 523 g/mol. The summed E-state index contributed by atoms with van der Waals surface area (Å²) in [6, 6.07) is 13.8. The van der Waals surface area contributed by atoms with Crippen LogP contribution >= 0.6 is 0 Å². The Labute approximate surface area is 235 Å². The number of phenolic OH excluding ortho intramolecular Hbond substituents is 1. The van der Waals surface area contributed by atoms with Gasteiger partial charge in [0.05, 0.1) is 0 Å². The van der Waals surface area contributed by atoms with E-state index in [-0.39, 0.29) is 5.75 Å². The molecule has 2 aromatic rings. The Bertz CT molecular complexity index is 828. The molecule has 0 aliphatic carbocycles. The highest BCUT2D eigenvalue weighted by Crippen LogP contribution is 2.34. The minimum absolute atomic E-state index is 0.206. The van der Waals surface area contributed by atoms with E-state index in [0.29, 0.717) is 5.75 Å². The fourth-order valence-electron chi connectivity index (χ4n) is 5.48. The summed E-state index contributed by atoms with van der Waals surface area (Å²) in [6.45, 7) is 4.57. The predicted molar refractivity (Wildman–Crippen MR) is 166 cm³/mol. The molecule has 0 spiro atoms. The first-order valence-corrected chi connectivity index (χ1v) is 16.3. The van der Waals surface area contributed by atoms with Crippen molar-refractivity contribution in [3.8, 4) is 17.2 Å². The smallest absolute Gasteiger partial charge is 0.169 e. The van der Waals surface area contributed by atoms with E-state index in [9.17, 15) is 5.11 Å². The summed E-state index contributed by atoms with van der Waals surface area (Å²) >= 11 is 0. The second kappa shape index (κ2) is 21.9. The standard InChI is InChI=1S/C36H58O2/c1-3-5-7-9-11-13-15-17-19-21-26-32-27-25-31-35(38-36-30-24-23-29-34(36)37)33(32)28-22-20-18-16-14-12-10-8-6-4-2/h23-25,27,29-31,37H,3-22,26,28H2,1-2H3. The van der Waals surface area contributed by atoms with E-state index in [1.807, 2.05) is 18.2 Å². The van der Waals surface area contributed by atoms with Crippen LogP contribution in [0.4, 0.5) is 0 Å². The third kappa shape index (κ3) is 14.3. The fraction of sp³-hybridized carbons (Fsp3) is 0.667. The highest BCUT2D eigenvalue weighted by molar-refractivity contribution is 5.46. The molecule has 2 nitrogen and oxygen atoms in total. The first kappa shape index (κ1) is 32.3. The zero-order chi connectivity index (χ0) is 27.1. The number of unbranched alkanes of at least 4 members (excludes halogenated alkanes) is 18. The van der Waals surface area contributed by atoms with Crippen LogP contribution in [0, 0.1) is 0 Å². The van der Waals surface area contributed by atoms with E-state index in [0.717, 1.165) is 18.6 Å². The van der Waals surface area contributed by atoms with Gasteiger partial charge in [-0.25, -0.2) is 0 Å². The maximum absolute atomic E-state index is 10.3. The van der Waals surface area contributed by atoms with Crippen molar-refractivity contribution in [2.45, 2.75) is 155 Å². The van der Waals surface area contributed by atoms with Gasteiger partial charge in [0.1, 0.15) is 5.75 Å². The maximum Gasteiger partial charge on any atom is 0.169 e. The molecule has 0 radical (unpaired) electrons. The molecule has 2 heteroatoms. The van der Waals surface area contributed by atoms with Crippen molar-refractivity contribution < 1.29 is 9.84 Å². The minimum atomic E-state index is 0.206. The van der Waals surface area contributed by atoms with E-state index >= 15 is 0 Å². The van der Waals surface area contributed by atoms with Gasteiger partial charge in [0.2, 0.25) is 0 Å². The maximum atomic E-state index is 10.3. The summed E-state index contributed by atoms with van der Waals surface area (Å²) in [7, 11) is 0. The summed E-state index contributed by atoms with van der Waals surface area (Å²) in [5, 5.41) is 10.3. The van der Waals surface area contributed by atoms with Gasteiger partial charge in [-0.05, 0) is 55.0 Å². The summed E-state index contributed by atoms with van der Waals surface area (Å²) in [6.07, 6.45) is 29.4.